The summed E-state index contributed by atoms with van der Waals surface area (Å²) in [5.41, 5.74) is 0.674. The van der Waals surface area contributed by atoms with Gasteiger partial charge in [-0.1, -0.05) is 6.92 Å². The van der Waals surface area contributed by atoms with E-state index in [1.165, 1.54) is 18.5 Å². The lowest BCUT2D eigenvalue weighted by Crippen LogP contribution is -2.22. The maximum absolute atomic E-state index is 11.0. The summed E-state index contributed by atoms with van der Waals surface area (Å²) in [7, 11) is 0. The standard InChI is InChI=1S/C10H12N2O3/c1-2-9(13)12-6-7-5-11-4-3-8(7)10(14)15/h3-5H,2,6H2,1H3,(H,12,13)(H,14,15). The third-order valence-electron chi connectivity index (χ3n) is 1.93. The minimum atomic E-state index is -1.02. The molecule has 15 heavy (non-hydrogen) atoms. The SMILES string of the molecule is CCC(=O)NCc1cnccc1C(=O)O. The fraction of sp³-hybridized carbons (Fsp3) is 0.300. The van der Waals surface area contributed by atoms with Crippen LogP contribution in [0.4, 0.5) is 0 Å². The van der Waals surface area contributed by atoms with Crippen LogP contribution >= 0.6 is 0 Å². The Morgan fingerprint density at radius 2 is 2.27 bits per heavy atom. The molecule has 0 spiro atoms. The maximum atomic E-state index is 11.0. The second kappa shape index (κ2) is 5.09. The van der Waals surface area contributed by atoms with Gasteiger partial charge in [0.05, 0.1) is 5.56 Å². The summed E-state index contributed by atoms with van der Waals surface area (Å²) in [6.07, 6.45) is 3.23. The molecule has 0 radical (unpaired) electrons. The second-order valence-corrected chi connectivity index (χ2v) is 2.97. The first-order chi connectivity index (χ1) is 7.15. The first-order valence-corrected chi connectivity index (χ1v) is 4.58. The Bertz CT molecular complexity index is 377. The van der Waals surface area contributed by atoms with E-state index in [-0.39, 0.29) is 18.0 Å². The number of rotatable bonds is 4. The highest BCUT2D eigenvalue weighted by Gasteiger charge is 2.09. The lowest BCUT2D eigenvalue weighted by Gasteiger charge is -2.06. The fourth-order valence-electron chi connectivity index (χ4n) is 1.10. The highest BCUT2D eigenvalue weighted by Crippen LogP contribution is 2.06. The predicted molar refractivity (Wildman–Crippen MR) is 53.3 cm³/mol. The topological polar surface area (TPSA) is 79.3 Å². The van der Waals surface area contributed by atoms with Crippen LogP contribution in [0.1, 0.15) is 29.3 Å². The number of carbonyl (C=O) groups is 2. The molecule has 5 heteroatoms. The van der Waals surface area contributed by atoms with Crippen LogP contribution in [0.5, 0.6) is 0 Å². The van der Waals surface area contributed by atoms with E-state index < -0.39 is 5.97 Å². The number of nitrogens with zero attached hydrogens (tertiary/aromatic N) is 1. The normalized spacial score (nSPS) is 9.67. The van der Waals surface area contributed by atoms with Crippen molar-refractivity contribution in [2.45, 2.75) is 19.9 Å². The van der Waals surface area contributed by atoms with E-state index in [0.29, 0.717) is 12.0 Å². The van der Waals surface area contributed by atoms with E-state index >= 15 is 0 Å². The highest BCUT2D eigenvalue weighted by atomic mass is 16.4. The van der Waals surface area contributed by atoms with Crippen molar-refractivity contribution in [2.24, 2.45) is 0 Å². The van der Waals surface area contributed by atoms with E-state index in [1.54, 1.807) is 6.92 Å². The van der Waals surface area contributed by atoms with Crippen LogP contribution in [-0.2, 0) is 11.3 Å². The third kappa shape index (κ3) is 3.05. The Kier molecular flexibility index (Phi) is 3.79. The molecule has 0 unspecified atom stereocenters. The van der Waals surface area contributed by atoms with Gasteiger partial charge < -0.3 is 10.4 Å². The van der Waals surface area contributed by atoms with Crippen molar-refractivity contribution < 1.29 is 14.7 Å². The summed E-state index contributed by atoms with van der Waals surface area (Å²) in [5.74, 6) is -1.13. The third-order valence-corrected chi connectivity index (χ3v) is 1.93. The van der Waals surface area contributed by atoms with Crippen molar-refractivity contribution in [2.75, 3.05) is 0 Å². The number of pyridine rings is 1. The number of carbonyl (C=O) groups excluding carboxylic acids is 1. The summed E-state index contributed by atoms with van der Waals surface area (Å²) >= 11 is 0. The van der Waals surface area contributed by atoms with Crippen molar-refractivity contribution in [3.63, 3.8) is 0 Å². The first kappa shape index (κ1) is 11.2. The zero-order valence-electron chi connectivity index (χ0n) is 8.36. The molecule has 2 N–H and O–H groups in total. The molecular formula is C10H12N2O3. The van der Waals surface area contributed by atoms with Crippen molar-refractivity contribution in [1.29, 1.82) is 0 Å². The molecule has 0 saturated heterocycles. The van der Waals surface area contributed by atoms with Crippen LogP contribution in [0.15, 0.2) is 18.5 Å². The lowest BCUT2D eigenvalue weighted by atomic mass is 10.1. The molecule has 5 nitrogen and oxygen atoms in total. The molecule has 80 valence electrons. The van der Waals surface area contributed by atoms with Crippen molar-refractivity contribution >= 4 is 11.9 Å². The molecule has 0 fully saturated rings. The number of carboxylic acids is 1. The molecule has 1 heterocycles. The summed E-state index contributed by atoms with van der Waals surface area (Å²) < 4.78 is 0. The van der Waals surface area contributed by atoms with Crippen molar-refractivity contribution in [3.8, 4) is 0 Å². The molecule has 1 aromatic rings. The largest absolute Gasteiger partial charge is 0.478 e. The molecule has 1 amide bonds. The molecule has 0 aliphatic rings. The fourth-order valence-corrected chi connectivity index (χ4v) is 1.10. The van der Waals surface area contributed by atoms with E-state index in [2.05, 4.69) is 10.3 Å². The van der Waals surface area contributed by atoms with E-state index in [1.807, 2.05) is 0 Å². The molecule has 0 aromatic carbocycles. The van der Waals surface area contributed by atoms with Gasteiger partial charge >= 0.3 is 5.97 Å². The minimum Gasteiger partial charge on any atom is -0.478 e. The number of aromatic nitrogens is 1. The van der Waals surface area contributed by atoms with Gasteiger partial charge in [0, 0.05) is 30.9 Å². The summed E-state index contributed by atoms with van der Waals surface area (Å²) in [4.78, 5) is 25.6. The van der Waals surface area contributed by atoms with Gasteiger partial charge in [0.15, 0.2) is 0 Å². The van der Waals surface area contributed by atoms with Crippen molar-refractivity contribution in [1.82, 2.24) is 10.3 Å². The molecule has 0 atom stereocenters. The van der Waals surface area contributed by atoms with Crippen LogP contribution in [-0.4, -0.2) is 22.0 Å². The Hall–Kier alpha value is -1.91. The maximum Gasteiger partial charge on any atom is 0.336 e. The number of hydrogen-bond donors (Lipinski definition) is 2. The van der Waals surface area contributed by atoms with Crippen LogP contribution in [0.25, 0.3) is 0 Å². The van der Waals surface area contributed by atoms with Gasteiger partial charge in [0.1, 0.15) is 0 Å². The Balaban J connectivity index is 2.76. The van der Waals surface area contributed by atoms with E-state index in [9.17, 15) is 9.59 Å². The molecule has 0 aliphatic heterocycles. The van der Waals surface area contributed by atoms with Crippen LogP contribution < -0.4 is 5.32 Å². The zero-order chi connectivity index (χ0) is 11.3. The summed E-state index contributed by atoms with van der Waals surface area (Å²) in [5, 5.41) is 11.4. The van der Waals surface area contributed by atoms with E-state index in [4.69, 9.17) is 5.11 Å². The molecular weight excluding hydrogens is 196 g/mol. The van der Waals surface area contributed by atoms with Gasteiger partial charge in [-0.2, -0.15) is 0 Å². The average Bonchev–Trinajstić information content (AvgIpc) is 2.26. The number of carboxylic acid groups (broad SMARTS) is 1. The molecule has 1 rings (SSSR count). The van der Waals surface area contributed by atoms with Gasteiger partial charge in [0.25, 0.3) is 0 Å². The monoisotopic (exact) mass is 208 g/mol. The Morgan fingerprint density at radius 1 is 1.53 bits per heavy atom. The first-order valence-electron chi connectivity index (χ1n) is 4.58. The van der Waals surface area contributed by atoms with Gasteiger partial charge in [-0.3, -0.25) is 9.78 Å². The van der Waals surface area contributed by atoms with Gasteiger partial charge in [0.2, 0.25) is 5.91 Å². The molecule has 0 aliphatic carbocycles. The van der Waals surface area contributed by atoms with Gasteiger partial charge in [-0.25, -0.2) is 4.79 Å². The summed E-state index contributed by atoms with van der Waals surface area (Å²) in [6, 6.07) is 1.41. The zero-order valence-corrected chi connectivity index (χ0v) is 8.36. The van der Waals surface area contributed by atoms with Gasteiger partial charge in [-0.05, 0) is 6.07 Å². The average molecular weight is 208 g/mol. The van der Waals surface area contributed by atoms with Crippen LogP contribution in [0.2, 0.25) is 0 Å². The second-order valence-electron chi connectivity index (χ2n) is 2.97. The Labute approximate surface area is 87.1 Å². The smallest absolute Gasteiger partial charge is 0.336 e. The minimum absolute atomic E-state index is 0.116. The Morgan fingerprint density at radius 3 is 2.87 bits per heavy atom. The number of amides is 1. The number of nitrogens with one attached hydrogen (secondary N) is 1. The quantitative estimate of drug-likeness (QED) is 0.767. The van der Waals surface area contributed by atoms with E-state index in [0.717, 1.165) is 0 Å². The van der Waals surface area contributed by atoms with Crippen molar-refractivity contribution in [3.05, 3.63) is 29.6 Å². The van der Waals surface area contributed by atoms with Crippen LogP contribution in [0, 0.1) is 0 Å². The molecule has 1 aromatic heterocycles. The summed E-state index contributed by atoms with van der Waals surface area (Å²) in [6.45, 7) is 1.93. The number of aromatic carboxylic acids is 1. The molecule has 0 bridgehead atoms. The van der Waals surface area contributed by atoms with Crippen LogP contribution in [0.3, 0.4) is 0 Å². The number of hydrogen-bond acceptors (Lipinski definition) is 3. The lowest BCUT2D eigenvalue weighted by molar-refractivity contribution is -0.120. The highest BCUT2D eigenvalue weighted by molar-refractivity contribution is 5.89. The molecule has 0 saturated carbocycles. The predicted octanol–water partition coefficient (Wildman–Crippen LogP) is 0.806. The van der Waals surface area contributed by atoms with Gasteiger partial charge in [-0.15, -0.1) is 0 Å².